The average Bonchev–Trinajstić information content (AvgIpc) is 2.95. The Labute approximate surface area is 142 Å². The van der Waals surface area contributed by atoms with Gasteiger partial charge in [0.2, 0.25) is 0 Å². The number of carboxylic acids is 1. The van der Waals surface area contributed by atoms with Gasteiger partial charge in [0.1, 0.15) is 5.82 Å². The van der Waals surface area contributed by atoms with Gasteiger partial charge < -0.3 is 19.6 Å². The molecule has 0 fully saturated rings. The van der Waals surface area contributed by atoms with Crippen LogP contribution in [0.25, 0.3) is 5.65 Å². The normalized spacial score (nSPS) is 16.6. The van der Waals surface area contributed by atoms with Crippen molar-refractivity contribution < 1.29 is 19.0 Å². The summed E-state index contributed by atoms with van der Waals surface area (Å²) in [4.78, 5) is 15.8. The van der Waals surface area contributed by atoms with Crippen molar-refractivity contribution in [3.05, 3.63) is 64.9 Å². The first-order chi connectivity index (χ1) is 12.0. The summed E-state index contributed by atoms with van der Waals surface area (Å²) in [5.74, 6) is -1.34. The van der Waals surface area contributed by atoms with Gasteiger partial charge in [-0.1, -0.05) is 12.1 Å². The van der Waals surface area contributed by atoms with Gasteiger partial charge in [0.15, 0.2) is 5.65 Å². The molecule has 1 atom stereocenters. The number of anilines is 1. The van der Waals surface area contributed by atoms with Gasteiger partial charge in [0.25, 0.3) is 0 Å². The number of pyridine rings is 1. The third kappa shape index (κ3) is 2.72. The topological polar surface area (TPSA) is 75.9 Å². The summed E-state index contributed by atoms with van der Waals surface area (Å²) in [6.45, 7) is 2.48. The molecule has 2 N–H and O–H groups in total. The molecule has 0 aliphatic carbocycles. The molecule has 128 valence electrons. The second-order valence-corrected chi connectivity index (χ2v) is 6.09. The number of imidazole rings is 1. The summed E-state index contributed by atoms with van der Waals surface area (Å²) >= 11 is 0. The van der Waals surface area contributed by atoms with Crippen LogP contribution in [0.3, 0.4) is 0 Å². The Kier molecular flexibility index (Phi) is 3.65. The molecule has 1 unspecified atom stereocenters. The maximum atomic E-state index is 14.3. The number of ether oxygens (including phenoxy) is 1. The number of aromatic nitrogens is 2. The number of fused-ring (bicyclic) bond motifs is 2. The SMILES string of the molecule is Cc1cn2cc(C(=O)O)cc(NC3COCc4cccc(F)c43)c2n1. The van der Waals surface area contributed by atoms with Gasteiger partial charge in [0, 0.05) is 18.0 Å². The highest BCUT2D eigenvalue weighted by atomic mass is 19.1. The Bertz CT molecular complexity index is 983. The van der Waals surface area contributed by atoms with Crippen LogP contribution >= 0.6 is 0 Å². The van der Waals surface area contributed by atoms with Gasteiger partial charge in [0.05, 0.1) is 36.2 Å². The van der Waals surface area contributed by atoms with Crippen LogP contribution in [0.15, 0.2) is 36.7 Å². The highest BCUT2D eigenvalue weighted by molar-refractivity contribution is 5.90. The van der Waals surface area contributed by atoms with E-state index in [1.54, 1.807) is 16.7 Å². The Hall–Kier alpha value is -2.93. The van der Waals surface area contributed by atoms with E-state index in [0.29, 0.717) is 23.5 Å². The van der Waals surface area contributed by atoms with E-state index < -0.39 is 12.0 Å². The van der Waals surface area contributed by atoms with Crippen molar-refractivity contribution in [2.45, 2.75) is 19.6 Å². The zero-order valence-electron chi connectivity index (χ0n) is 13.5. The van der Waals surface area contributed by atoms with E-state index in [2.05, 4.69) is 10.3 Å². The molecular weight excluding hydrogens is 325 g/mol. The molecule has 0 spiro atoms. The summed E-state index contributed by atoms with van der Waals surface area (Å²) in [7, 11) is 0. The van der Waals surface area contributed by atoms with Gasteiger partial charge >= 0.3 is 5.97 Å². The summed E-state index contributed by atoms with van der Waals surface area (Å²) in [6, 6.07) is 5.99. The van der Waals surface area contributed by atoms with Crippen molar-refractivity contribution in [2.75, 3.05) is 11.9 Å². The van der Waals surface area contributed by atoms with Crippen LogP contribution in [-0.4, -0.2) is 27.1 Å². The monoisotopic (exact) mass is 341 g/mol. The van der Waals surface area contributed by atoms with Crippen molar-refractivity contribution in [2.24, 2.45) is 0 Å². The minimum Gasteiger partial charge on any atom is -0.478 e. The van der Waals surface area contributed by atoms with E-state index in [0.717, 1.165) is 11.3 Å². The number of benzene rings is 1. The predicted molar refractivity (Wildman–Crippen MR) is 89.3 cm³/mol. The largest absolute Gasteiger partial charge is 0.478 e. The molecule has 4 rings (SSSR count). The molecule has 3 aromatic rings. The smallest absolute Gasteiger partial charge is 0.337 e. The molecule has 0 amide bonds. The van der Waals surface area contributed by atoms with Crippen molar-refractivity contribution in [3.8, 4) is 0 Å². The fourth-order valence-electron chi connectivity index (χ4n) is 3.21. The maximum Gasteiger partial charge on any atom is 0.337 e. The van der Waals surface area contributed by atoms with Gasteiger partial charge in [-0.3, -0.25) is 0 Å². The average molecular weight is 341 g/mol. The maximum absolute atomic E-state index is 14.3. The van der Waals surface area contributed by atoms with Crippen LogP contribution < -0.4 is 5.32 Å². The van der Waals surface area contributed by atoms with Gasteiger partial charge in [-0.15, -0.1) is 0 Å². The van der Waals surface area contributed by atoms with Gasteiger partial charge in [-0.05, 0) is 24.6 Å². The molecule has 2 aromatic heterocycles. The van der Waals surface area contributed by atoms with E-state index in [1.807, 2.05) is 13.0 Å². The highest BCUT2D eigenvalue weighted by Crippen LogP contribution is 2.31. The number of hydrogen-bond donors (Lipinski definition) is 2. The van der Waals surface area contributed by atoms with E-state index in [4.69, 9.17) is 4.74 Å². The van der Waals surface area contributed by atoms with Crippen molar-refractivity contribution in [1.82, 2.24) is 9.38 Å². The number of hydrogen-bond acceptors (Lipinski definition) is 4. The third-order valence-corrected chi connectivity index (χ3v) is 4.28. The number of aromatic carboxylic acids is 1. The first-order valence-electron chi connectivity index (χ1n) is 7.87. The van der Waals surface area contributed by atoms with E-state index in [9.17, 15) is 14.3 Å². The lowest BCUT2D eigenvalue weighted by Crippen LogP contribution is -2.25. The Morgan fingerprint density at radius 1 is 1.44 bits per heavy atom. The molecule has 1 aliphatic heterocycles. The molecule has 25 heavy (non-hydrogen) atoms. The standard InChI is InChI=1S/C18H16FN3O3/c1-10-6-22-7-12(18(23)24)5-14(17(22)20-10)21-15-9-25-8-11-3-2-4-13(19)16(11)15/h2-7,15,21H,8-9H2,1H3,(H,23,24). The van der Waals surface area contributed by atoms with Crippen LogP contribution in [0.1, 0.15) is 33.2 Å². The second kappa shape index (κ2) is 5.86. The molecule has 1 aromatic carbocycles. The fourth-order valence-corrected chi connectivity index (χ4v) is 3.21. The lowest BCUT2D eigenvalue weighted by molar-refractivity contribution is 0.0696. The number of nitrogens with one attached hydrogen (secondary N) is 1. The minimum absolute atomic E-state index is 0.123. The molecule has 7 heteroatoms. The first kappa shape index (κ1) is 15.6. The lowest BCUT2D eigenvalue weighted by Gasteiger charge is -2.28. The summed E-state index contributed by atoms with van der Waals surface area (Å²) in [5.41, 5.74) is 3.34. The molecule has 0 saturated heterocycles. The van der Waals surface area contributed by atoms with Crippen molar-refractivity contribution >= 4 is 17.3 Å². The van der Waals surface area contributed by atoms with Crippen LogP contribution in [-0.2, 0) is 11.3 Å². The fraction of sp³-hybridized carbons (Fsp3) is 0.222. The second-order valence-electron chi connectivity index (χ2n) is 6.09. The number of halogens is 1. The molecule has 0 saturated carbocycles. The van der Waals surface area contributed by atoms with Gasteiger partial charge in [-0.2, -0.15) is 0 Å². The van der Waals surface area contributed by atoms with Crippen LogP contribution in [0.4, 0.5) is 10.1 Å². The molecule has 3 heterocycles. The number of rotatable bonds is 3. The molecule has 6 nitrogen and oxygen atoms in total. The number of carbonyl (C=O) groups is 1. The number of carboxylic acid groups (broad SMARTS) is 1. The Morgan fingerprint density at radius 2 is 2.28 bits per heavy atom. The van der Waals surface area contributed by atoms with Crippen LogP contribution in [0.5, 0.6) is 0 Å². The lowest BCUT2D eigenvalue weighted by atomic mass is 9.98. The zero-order chi connectivity index (χ0) is 17.6. The van der Waals surface area contributed by atoms with Gasteiger partial charge in [-0.25, -0.2) is 14.2 Å². The summed E-state index contributed by atoms with van der Waals surface area (Å²) < 4.78 is 21.6. The van der Waals surface area contributed by atoms with Crippen LogP contribution in [0, 0.1) is 12.7 Å². The Balaban J connectivity index is 1.81. The quantitative estimate of drug-likeness (QED) is 0.765. The molecule has 0 radical (unpaired) electrons. The minimum atomic E-state index is -1.04. The summed E-state index contributed by atoms with van der Waals surface area (Å²) in [5, 5.41) is 12.6. The predicted octanol–water partition coefficient (Wildman–Crippen LogP) is 3.16. The van der Waals surface area contributed by atoms with Crippen molar-refractivity contribution in [3.63, 3.8) is 0 Å². The molecule has 1 aliphatic rings. The summed E-state index contributed by atoms with van der Waals surface area (Å²) in [6.07, 6.45) is 3.26. The van der Waals surface area contributed by atoms with E-state index >= 15 is 0 Å². The molecular formula is C18H16FN3O3. The Morgan fingerprint density at radius 3 is 3.08 bits per heavy atom. The van der Waals surface area contributed by atoms with Crippen molar-refractivity contribution in [1.29, 1.82) is 0 Å². The van der Waals surface area contributed by atoms with E-state index in [-0.39, 0.29) is 18.0 Å². The van der Waals surface area contributed by atoms with E-state index in [1.165, 1.54) is 18.3 Å². The van der Waals surface area contributed by atoms with Crippen LogP contribution in [0.2, 0.25) is 0 Å². The third-order valence-electron chi connectivity index (χ3n) is 4.28. The zero-order valence-corrected chi connectivity index (χ0v) is 13.5. The number of aryl methyl sites for hydroxylation is 1. The first-order valence-corrected chi connectivity index (χ1v) is 7.87. The number of nitrogens with zero attached hydrogens (tertiary/aromatic N) is 2. The highest BCUT2D eigenvalue weighted by Gasteiger charge is 2.25. The molecule has 0 bridgehead atoms.